The number of imide groups is 1. The molecule has 2 rings (SSSR count). The molecular formula is C11H17N3O3. The Labute approximate surface area is 99.9 Å². The van der Waals surface area contributed by atoms with Crippen molar-refractivity contribution in [2.45, 2.75) is 6.42 Å². The van der Waals surface area contributed by atoms with Gasteiger partial charge in [0.25, 0.3) is 0 Å². The van der Waals surface area contributed by atoms with Crippen molar-refractivity contribution in [2.75, 3.05) is 33.7 Å². The van der Waals surface area contributed by atoms with Gasteiger partial charge >= 0.3 is 0 Å². The van der Waals surface area contributed by atoms with E-state index in [2.05, 4.69) is 5.32 Å². The average Bonchev–Trinajstić information content (AvgIpc) is 2.55. The van der Waals surface area contributed by atoms with Gasteiger partial charge in [0.05, 0.1) is 18.4 Å². The van der Waals surface area contributed by atoms with Gasteiger partial charge in [-0.15, -0.1) is 0 Å². The van der Waals surface area contributed by atoms with Gasteiger partial charge in [-0.2, -0.15) is 0 Å². The number of nitrogens with zero attached hydrogens (tertiary/aromatic N) is 2. The van der Waals surface area contributed by atoms with E-state index in [0.29, 0.717) is 19.5 Å². The molecule has 2 saturated heterocycles. The van der Waals surface area contributed by atoms with E-state index in [1.165, 1.54) is 11.9 Å². The maximum Gasteiger partial charge on any atom is 0.236 e. The lowest BCUT2D eigenvalue weighted by Crippen LogP contribution is -2.47. The Morgan fingerprint density at radius 3 is 2.65 bits per heavy atom. The molecule has 17 heavy (non-hydrogen) atoms. The van der Waals surface area contributed by atoms with Crippen LogP contribution >= 0.6 is 0 Å². The van der Waals surface area contributed by atoms with Crippen molar-refractivity contribution >= 4 is 17.7 Å². The zero-order valence-electron chi connectivity index (χ0n) is 10.1. The highest BCUT2D eigenvalue weighted by Crippen LogP contribution is 2.32. The second kappa shape index (κ2) is 4.44. The third-order valence-corrected chi connectivity index (χ3v) is 3.59. The predicted molar refractivity (Wildman–Crippen MR) is 59.9 cm³/mol. The number of likely N-dealkylation sites (tertiary alicyclic amines) is 2. The molecule has 0 radical (unpaired) electrons. The lowest BCUT2D eigenvalue weighted by atomic mass is 9.88. The molecule has 2 heterocycles. The van der Waals surface area contributed by atoms with E-state index < -0.39 is 0 Å². The largest absolute Gasteiger partial charge is 0.341 e. The van der Waals surface area contributed by atoms with Gasteiger partial charge in [-0.05, 0) is 13.5 Å². The minimum atomic E-state index is -0.331. The molecule has 0 aromatic carbocycles. The smallest absolute Gasteiger partial charge is 0.236 e. The van der Waals surface area contributed by atoms with Crippen molar-refractivity contribution in [1.29, 1.82) is 0 Å². The molecule has 94 valence electrons. The summed E-state index contributed by atoms with van der Waals surface area (Å²) in [5, 5.41) is 2.80. The zero-order valence-corrected chi connectivity index (χ0v) is 10.1. The van der Waals surface area contributed by atoms with Crippen molar-refractivity contribution in [1.82, 2.24) is 15.1 Å². The van der Waals surface area contributed by atoms with Crippen molar-refractivity contribution in [2.24, 2.45) is 11.8 Å². The van der Waals surface area contributed by atoms with Crippen molar-refractivity contribution in [3.63, 3.8) is 0 Å². The number of hydrogen-bond donors (Lipinski definition) is 1. The van der Waals surface area contributed by atoms with E-state index in [0.717, 1.165) is 0 Å². The van der Waals surface area contributed by atoms with Crippen LogP contribution in [0.5, 0.6) is 0 Å². The van der Waals surface area contributed by atoms with Gasteiger partial charge in [0.1, 0.15) is 0 Å². The Bertz CT molecular complexity index is 369. The van der Waals surface area contributed by atoms with Crippen LogP contribution in [0.25, 0.3) is 0 Å². The standard InChI is InChI=1S/C11H17N3O3/c1-12-5-9(15)14-4-3-7-8(6-14)11(17)13(2)10(7)16/h7-8,12H,3-6H2,1-2H3/t7-,8+/m0/s1. The van der Waals surface area contributed by atoms with Crippen LogP contribution in [0.2, 0.25) is 0 Å². The summed E-state index contributed by atoms with van der Waals surface area (Å²) >= 11 is 0. The number of amides is 3. The number of rotatable bonds is 2. The second-order valence-corrected chi connectivity index (χ2v) is 4.61. The molecule has 3 amide bonds. The summed E-state index contributed by atoms with van der Waals surface area (Å²) in [5.74, 6) is -0.809. The minimum Gasteiger partial charge on any atom is -0.341 e. The molecule has 0 aromatic rings. The van der Waals surface area contributed by atoms with Crippen LogP contribution in [0.15, 0.2) is 0 Å². The van der Waals surface area contributed by atoms with Gasteiger partial charge in [0.2, 0.25) is 17.7 Å². The predicted octanol–water partition coefficient (Wildman–Crippen LogP) is -1.33. The Hall–Kier alpha value is -1.43. The van der Waals surface area contributed by atoms with Gasteiger partial charge < -0.3 is 10.2 Å². The highest BCUT2D eigenvalue weighted by Gasteiger charge is 2.48. The van der Waals surface area contributed by atoms with Gasteiger partial charge in [-0.1, -0.05) is 0 Å². The maximum atomic E-state index is 11.8. The molecule has 0 saturated carbocycles. The highest BCUT2D eigenvalue weighted by molar-refractivity contribution is 6.05. The molecule has 2 fully saturated rings. The third kappa shape index (κ3) is 1.93. The van der Waals surface area contributed by atoms with Crippen LogP contribution in [-0.4, -0.2) is 61.3 Å². The SMILES string of the molecule is CNCC(=O)N1CC[C@@H]2C(=O)N(C)C(=O)[C@@H]2C1. The molecule has 2 aliphatic heterocycles. The number of piperidine rings is 1. The van der Waals surface area contributed by atoms with E-state index >= 15 is 0 Å². The molecular weight excluding hydrogens is 222 g/mol. The normalized spacial score (nSPS) is 28.6. The Morgan fingerprint density at radius 1 is 1.35 bits per heavy atom. The molecule has 2 atom stereocenters. The summed E-state index contributed by atoms with van der Waals surface area (Å²) in [7, 11) is 3.23. The van der Waals surface area contributed by atoms with Gasteiger partial charge in [-0.25, -0.2) is 0 Å². The quantitative estimate of drug-likeness (QED) is 0.606. The Balaban J connectivity index is 2.07. The van der Waals surface area contributed by atoms with Gasteiger partial charge in [-0.3, -0.25) is 19.3 Å². The first-order valence-electron chi connectivity index (χ1n) is 5.80. The number of fused-ring (bicyclic) bond motifs is 1. The van der Waals surface area contributed by atoms with E-state index in [1.54, 1.807) is 11.9 Å². The number of hydrogen-bond acceptors (Lipinski definition) is 4. The molecule has 0 aliphatic carbocycles. The lowest BCUT2D eigenvalue weighted by molar-refractivity contribution is -0.138. The Morgan fingerprint density at radius 2 is 2.00 bits per heavy atom. The minimum absolute atomic E-state index is 0.0132. The Kier molecular flexibility index (Phi) is 3.15. The average molecular weight is 239 g/mol. The van der Waals surface area contributed by atoms with E-state index in [9.17, 15) is 14.4 Å². The topological polar surface area (TPSA) is 69.7 Å². The molecule has 1 N–H and O–H groups in total. The molecule has 2 aliphatic rings. The van der Waals surface area contributed by atoms with Crippen LogP contribution in [0.4, 0.5) is 0 Å². The third-order valence-electron chi connectivity index (χ3n) is 3.59. The first kappa shape index (κ1) is 12.0. The summed E-state index contributed by atoms with van der Waals surface area (Å²) in [6.07, 6.45) is 0.592. The van der Waals surface area contributed by atoms with Crippen LogP contribution < -0.4 is 5.32 Å². The maximum absolute atomic E-state index is 11.8. The van der Waals surface area contributed by atoms with Crippen LogP contribution in [0.3, 0.4) is 0 Å². The fourth-order valence-electron chi connectivity index (χ4n) is 2.59. The van der Waals surface area contributed by atoms with Crippen LogP contribution in [0, 0.1) is 11.8 Å². The number of likely N-dealkylation sites (N-methyl/N-ethyl adjacent to an activating group) is 1. The number of carbonyl (C=O) groups is 3. The number of carbonyl (C=O) groups excluding carboxylic acids is 3. The lowest BCUT2D eigenvalue weighted by Gasteiger charge is -2.32. The summed E-state index contributed by atoms with van der Waals surface area (Å²) in [6.45, 7) is 1.21. The monoisotopic (exact) mass is 239 g/mol. The van der Waals surface area contributed by atoms with Crippen molar-refractivity contribution in [3.8, 4) is 0 Å². The molecule has 0 unspecified atom stereocenters. The fourth-order valence-corrected chi connectivity index (χ4v) is 2.59. The molecule has 0 aromatic heterocycles. The van der Waals surface area contributed by atoms with Gasteiger partial charge in [0.15, 0.2) is 0 Å². The first-order valence-corrected chi connectivity index (χ1v) is 5.80. The number of nitrogens with one attached hydrogen (secondary N) is 1. The molecule has 6 nitrogen and oxygen atoms in total. The van der Waals surface area contributed by atoms with E-state index in [-0.39, 0.29) is 36.1 Å². The van der Waals surface area contributed by atoms with Crippen LogP contribution in [0.1, 0.15) is 6.42 Å². The summed E-state index contributed by atoms with van der Waals surface area (Å²) < 4.78 is 0. The zero-order chi connectivity index (χ0) is 12.6. The molecule has 0 spiro atoms. The van der Waals surface area contributed by atoms with Crippen molar-refractivity contribution < 1.29 is 14.4 Å². The summed E-state index contributed by atoms with van der Waals surface area (Å²) in [4.78, 5) is 38.1. The summed E-state index contributed by atoms with van der Waals surface area (Å²) in [5.41, 5.74) is 0. The van der Waals surface area contributed by atoms with Crippen LogP contribution in [-0.2, 0) is 14.4 Å². The van der Waals surface area contributed by atoms with E-state index in [1.807, 2.05) is 0 Å². The van der Waals surface area contributed by atoms with Crippen molar-refractivity contribution in [3.05, 3.63) is 0 Å². The summed E-state index contributed by atoms with van der Waals surface area (Å²) in [6, 6.07) is 0. The highest BCUT2D eigenvalue weighted by atomic mass is 16.2. The fraction of sp³-hybridized carbons (Fsp3) is 0.727. The second-order valence-electron chi connectivity index (χ2n) is 4.61. The van der Waals surface area contributed by atoms with Gasteiger partial charge in [0, 0.05) is 20.1 Å². The van der Waals surface area contributed by atoms with E-state index in [4.69, 9.17) is 0 Å². The molecule has 6 heteroatoms. The molecule has 0 bridgehead atoms. The first-order chi connectivity index (χ1) is 8.06.